The number of halogens is 1. The molecule has 1 aromatic carbocycles. The number of aliphatic hydroxyl groups is 1. The zero-order chi connectivity index (χ0) is 13.4. The van der Waals surface area contributed by atoms with Crippen LogP contribution in [0.15, 0.2) is 18.2 Å². The minimum absolute atomic E-state index is 0.248. The predicted octanol–water partition coefficient (Wildman–Crippen LogP) is 2.98. The molecule has 0 aliphatic heterocycles. The van der Waals surface area contributed by atoms with Gasteiger partial charge in [0.25, 0.3) is 0 Å². The summed E-state index contributed by atoms with van der Waals surface area (Å²) in [4.78, 5) is 0. The third kappa shape index (κ3) is 4.77. The SMILES string of the molecule is CCCC(C)COc1ccc(F)cc1C#CCO. The number of hydrogen-bond acceptors (Lipinski definition) is 2. The Morgan fingerprint density at radius 1 is 1.44 bits per heavy atom. The number of rotatable bonds is 5. The van der Waals surface area contributed by atoms with Crippen LogP contribution >= 0.6 is 0 Å². The van der Waals surface area contributed by atoms with E-state index in [0.29, 0.717) is 23.8 Å². The summed E-state index contributed by atoms with van der Waals surface area (Å²) in [7, 11) is 0. The van der Waals surface area contributed by atoms with Crippen molar-refractivity contribution in [1.82, 2.24) is 0 Å². The lowest BCUT2D eigenvalue weighted by Crippen LogP contribution is -2.09. The topological polar surface area (TPSA) is 29.5 Å². The summed E-state index contributed by atoms with van der Waals surface area (Å²) in [6.07, 6.45) is 2.21. The molecule has 0 aromatic heterocycles. The molecule has 1 N–H and O–H groups in total. The van der Waals surface area contributed by atoms with Gasteiger partial charge in [-0.1, -0.05) is 32.1 Å². The standard InChI is InChI=1S/C15H19FO2/c1-3-5-12(2)11-18-15-8-7-14(16)10-13(15)6-4-9-17/h7-8,10,12,17H,3,5,9,11H2,1-2H3. The van der Waals surface area contributed by atoms with Crippen molar-refractivity contribution in [2.24, 2.45) is 5.92 Å². The molecule has 0 heterocycles. The maximum atomic E-state index is 13.1. The highest BCUT2D eigenvalue weighted by Gasteiger charge is 2.06. The first-order valence-corrected chi connectivity index (χ1v) is 6.19. The van der Waals surface area contributed by atoms with Crippen LogP contribution in [0.5, 0.6) is 5.75 Å². The van der Waals surface area contributed by atoms with Crippen molar-refractivity contribution in [2.45, 2.75) is 26.7 Å². The van der Waals surface area contributed by atoms with Crippen LogP contribution in [0.4, 0.5) is 4.39 Å². The highest BCUT2D eigenvalue weighted by molar-refractivity contribution is 5.46. The summed E-state index contributed by atoms with van der Waals surface area (Å²) >= 11 is 0. The zero-order valence-corrected chi connectivity index (χ0v) is 10.9. The summed E-state index contributed by atoms with van der Waals surface area (Å²) in [5.41, 5.74) is 0.479. The van der Waals surface area contributed by atoms with Crippen LogP contribution in [0.2, 0.25) is 0 Å². The number of hydrogen-bond donors (Lipinski definition) is 1. The molecule has 1 aromatic rings. The molecule has 0 radical (unpaired) electrons. The first-order chi connectivity index (χ1) is 8.67. The molecule has 3 heteroatoms. The normalized spacial score (nSPS) is 11.6. The number of benzene rings is 1. The second kappa shape index (κ2) is 7.73. The van der Waals surface area contributed by atoms with Crippen LogP contribution < -0.4 is 4.74 Å². The minimum Gasteiger partial charge on any atom is -0.492 e. The second-order valence-electron chi connectivity index (χ2n) is 4.31. The van der Waals surface area contributed by atoms with Gasteiger partial charge in [0.05, 0.1) is 12.2 Å². The van der Waals surface area contributed by atoms with E-state index in [-0.39, 0.29) is 12.4 Å². The molecule has 1 unspecified atom stereocenters. The molecule has 1 atom stereocenters. The van der Waals surface area contributed by atoms with Gasteiger partial charge in [0.2, 0.25) is 0 Å². The molecule has 0 aliphatic rings. The first kappa shape index (κ1) is 14.5. The highest BCUT2D eigenvalue weighted by Crippen LogP contribution is 2.20. The Kier molecular flexibility index (Phi) is 6.24. The lowest BCUT2D eigenvalue weighted by Gasteiger charge is -2.13. The molecule has 0 fully saturated rings. The van der Waals surface area contributed by atoms with E-state index in [4.69, 9.17) is 9.84 Å². The average Bonchev–Trinajstić information content (AvgIpc) is 2.35. The van der Waals surface area contributed by atoms with Crippen LogP contribution in [0, 0.1) is 23.6 Å². The van der Waals surface area contributed by atoms with E-state index in [2.05, 4.69) is 25.7 Å². The molecule has 18 heavy (non-hydrogen) atoms. The van der Waals surface area contributed by atoms with Crippen molar-refractivity contribution in [2.75, 3.05) is 13.2 Å². The molecule has 0 spiro atoms. The molecule has 0 bridgehead atoms. The third-order valence-corrected chi connectivity index (χ3v) is 2.55. The van der Waals surface area contributed by atoms with Gasteiger partial charge in [0.15, 0.2) is 0 Å². The van der Waals surface area contributed by atoms with Crippen molar-refractivity contribution >= 4 is 0 Å². The van der Waals surface area contributed by atoms with Crippen molar-refractivity contribution in [3.05, 3.63) is 29.6 Å². The van der Waals surface area contributed by atoms with E-state index in [1.54, 1.807) is 6.07 Å². The van der Waals surface area contributed by atoms with E-state index >= 15 is 0 Å². The van der Waals surface area contributed by atoms with E-state index in [1.165, 1.54) is 12.1 Å². The van der Waals surface area contributed by atoms with Gasteiger partial charge in [-0.2, -0.15) is 0 Å². The summed E-state index contributed by atoms with van der Waals surface area (Å²) in [6.45, 7) is 4.59. The van der Waals surface area contributed by atoms with E-state index in [9.17, 15) is 4.39 Å². The molecule has 1 rings (SSSR count). The summed E-state index contributed by atoms with van der Waals surface area (Å²) in [6, 6.07) is 4.25. The summed E-state index contributed by atoms with van der Waals surface area (Å²) in [5, 5.41) is 8.67. The Labute approximate surface area is 108 Å². The molecule has 0 saturated carbocycles. The number of ether oxygens (including phenoxy) is 1. The largest absolute Gasteiger partial charge is 0.492 e. The van der Waals surface area contributed by atoms with Crippen LogP contribution in [0.3, 0.4) is 0 Å². The number of aliphatic hydroxyl groups excluding tert-OH is 1. The van der Waals surface area contributed by atoms with Crippen molar-refractivity contribution < 1.29 is 14.2 Å². The van der Waals surface area contributed by atoms with Crippen LogP contribution in [0.25, 0.3) is 0 Å². The van der Waals surface area contributed by atoms with Gasteiger partial charge in [0.1, 0.15) is 18.2 Å². The Balaban J connectivity index is 2.75. The van der Waals surface area contributed by atoms with E-state index in [0.717, 1.165) is 12.8 Å². The lowest BCUT2D eigenvalue weighted by molar-refractivity contribution is 0.250. The highest BCUT2D eigenvalue weighted by atomic mass is 19.1. The molecular weight excluding hydrogens is 231 g/mol. The predicted molar refractivity (Wildman–Crippen MR) is 69.9 cm³/mol. The Hall–Kier alpha value is -1.53. The van der Waals surface area contributed by atoms with Crippen LogP contribution in [-0.2, 0) is 0 Å². The van der Waals surface area contributed by atoms with E-state index < -0.39 is 0 Å². The van der Waals surface area contributed by atoms with Crippen molar-refractivity contribution in [1.29, 1.82) is 0 Å². The van der Waals surface area contributed by atoms with Gasteiger partial charge in [-0.3, -0.25) is 0 Å². The smallest absolute Gasteiger partial charge is 0.135 e. The molecule has 2 nitrogen and oxygen atoms in total. The van der Waals surface area contributed by atoms with Gasteiger partial charge in [0, 0.05) is 0 Å². The molecule has 0 amide bonds. The van der Waals surface area contributed by atoms with Gasteiger partial charge in [-0.05, 0) is 30.5 Å². The minimum atomic E-state index is -0.355. The Bertz CT molecular complexity index is 432. The van der Waals surface area contributed by atoms with Crippen LogP contribution in [0.1, 0.15) is 32.3 Å². The fraction of sp³-hybridized carbons (Fsp3) is 0.467. The van der Waals surface area contributed by atoms with Gasteiger partial charge >= 0.3 is 0 Å². The molecule has 0 aliphatic carbocycles. The maximum Gasteiger partial charge on any atom is 0.135 e. The monoisotopic (exact) mass is 250 g/mol. The van der Waals surface area contributed by atoms with Gasteiger partial charge in [-0.25, -0.2) is 4.39 Å². The Morgan fingerprint density at radius 2 is 2.22 bits per heavy atom. The average molecular weight is 250 g/mol. The van der Waals surface area contributed by atoms with Crippen molar-refractivity contribution in [3.8, 4) is 17.6 Å². The molecule has 98 valence electrons. The molecular formula is C15H19FO2. The summed E-state index contributed by atoms with van der Waals surface area (Å²) < 4.78 is 18.8. The Morgan fingerprint density at radius 3 is 2.89 bits per heavy atom. The fourth-order valence-electron chi connectivity index (χ4n) is 1.67. The maximum absolute atomic E-state index is 13.1. The van der Waals surface area contributed by atoms with Gasteiger partial charge in [-0.15, -0.1) is 0 Å². The third-order valence-electron chi connectivity index (χ3n) is 2.55. The van der Waals surface area contributed by atoms with Gasteiger partial charge < -0.3 is 9.84 Å². The van der Waals surface area contributed by atoms with E-state index in [1.807, 2.05) is 0 Å². The fourth-order valence-corrected chi connectivity index (χ4v) is 1.67. The second-order valence-corrected chi connectivity index (χ2v) is 4.31. The lowest BCUT2D eigenvalue weighted by atomic mass is 10.1. The quantitative estimate of drug-likeness (QED) is 0.814. The zero-order valence-electron chi connectivity index (χ0n) is 10.9. The molecule has 0 saturated heterocycles. The van der Waals surface area contributed by atoms with Crippen LogP contribution in [-0.4, -0.2) is 18.3 Å². The van der Waals surface area contributed by atoms with Crippen molar-refractivity contribution in [3.63, 3.8) is 0 Å². The summed E-state index contributed by atoms with van der Waals surface area (Å²) in [5.74, 6) is 5.87. The first-order valence-electron chi connectivity index (χ1n) is 6.19.